The van der Waals surface area contributed by atoms with E-state index in [1.54, 1.807) is 0 Å². The predicted molar refractivity (Wildman–Crippen MR) is 213 cm³/mol. The first kappa shape index (κ1) is 36.0. The Labute approximate surface area is 304 Å². The minimum absolute atomic E-state index is 0. The normalized spacial score (nSPS) is 14.3. The summed E-state index contributed by atoms with van der Waals surface area (Å²) in [6.45, 7) is 14.0. The Morgan fingerprint density at radius 1 is 0.659 bits per heavy atom. The molecule has 0 fully saturated rings. The molecule has 4 aromatic rings. The van der Waals surface area contributed by atoms with Crippen LogP contribution in [0.15, 0.2) is 100 Å². The van der Waals surface area contributed by atoms with Gasteiger partial charge in [-0.05, 0) is 0 Å². The van der Waals surface area contributed by atoms with Crippen molar-refractivity contribution in [3.8, 4) is 11.1 Å². The van der Waals surface area contributed by atoms with Crippen molar-refractivity contribution in [1.29, 1.82) is 0 Å². The van der Waals surface area contributed by atoms with Crippen molar-refractivity contribution in [2.24, 2.45) is 0 Å². The Kier molecular flexibility index (Phi) is 10.3. The van der Waals surface area contributed by atoms with Gasteiger partial charge in [0, 0.05) is 0 Å². The van der Waals surface area contributed by atoms with Crippen molar-refractivity contribution in [2.45, 2.75) is 65.2 Å². The molecule has 4 aromatic carbocycles. The summed E-state index contributed by atoms with van der Waals surface area (Å²) < 4.78 is 14.1. The summed E-state index contributed by atoms with van der Waals surface area (Å²) in [6, 6.07) is 31.2. The summed E-state index contributed by atoms with van der Waals surface area (Å²) in [5.74, 6) is 0. The monoisotopic (exact) mass is 924 g/mol. The number of benzene rings is 4. The fraction of sp³-hybridized carbons (Fsp3) is 0.256. The third kappa shape index (κ3) is 5.78. The van der Waals surface area contributed by atoms with Crippen LogP contribution in [0.4, 0.5) is 0 Å². The molecule has 0 spiro atoms. The quantitative estimate of drug-likeness (QED) is 0.158. The van der Waals surface area contributed by atoms with Crippen LogP contribution in [0.5, 0.6) is 0 Å². The number of hydrogen-bond acceptors (Lipinski definition) is 0. The summed E-state index contributed by atoms with van der Waals surface area (Å²) in [5.41, 5.74) is 8.67. The van der Waals surface area contributed by atoms with Gasteiger partial charge in [-0.1, -0.05) is 0 Å². The molecule has 2 aliphatic carbocycles. The first-order chi connectivity index (χ1) is 19.7. The summed E-state index contributed by atoms with van der Waals surface area (Å²) in [6.07, 6.45) is 8.95. The van der Waals surface area contributed by atoms with Gasteiger partial charge in [-0.2, -0.15) is 0 Å². The van der Waals surface area contributed by atoms with Gasteiger partial charge in [0.2, 0.25) is 0 Å². The maximum absolute atomic E-state index is 5.67. The number of hydrogen-bond donors (Lipinski definition) is 0. The first-order valence-corrected chi connectivity index (χ1v) is 23.8. The van der Waals surface area contributed by atoms with Gasteiger partial charge in [-0.15, -0.1) is 24.8 Å². The molecule has 0 saturated heterocycles. The van der Waals surface area contributed by atoms with E-state index in [9.17, 15) is 0 Å². The predicted octanol–water partition coefficient (Wildman–Crippen LogP) is 10.1. The van der Waals surface area contributed by atoms with Crippen LogP contribution in [0.25, 0.3) is 11.1 Å². The molecule has 0 nitrogen and oxygen atoms in total. The molecule has 44 heavy (non-hydrogen) atoms. The Bertz CT molecular complexity index is 1800. The van der Waals surface area contributed by atoms with E-state index >= 15 is 0 Å². The van der Waals surface area contributed by atoms with Crippen molar-refractivity contribution in [2.75, 3.05) is 0 Å². The number of allylic oxidation sites excluding steroid dienone is 4. The second kappa shape index (κ2) is 12.6. The van der Waals surface area contributed by atoms with Gasteiger partial charge in [-0.3, -0.25) is 0 Å². The van der Waals surface area contributed by atoms with Crippen LogP contribution in [-0.2, 0) is 35.5 Å². The standard InChI is InChI=1S/C21H25.2C6H4I.C5H5.CH2.2ClH.Zr/c1-20(2,3)16-9-7-14-11-15-8-10-17(21(4,5)6)13-19(15)18(14)12-16;2*7-6-4-2-1-3-5-6;1-2-4-5-3-1;;;;/h7,9-10,12-13H,11H2,1-6H3;2*2-5H;1-3H,4H2;1H2;2*1H;. The molecule has 230 valence electrons. The Morgan fingerprint density at radius 2 is 1.18 bits per heavy atom. The zero-order valence-corrected chi connectivity index (χ0v) is 34.8. The fourth-order valence-electron chi connectivity index (χ4n) is 7.18. The van der Waals surface area contributed by atoms with Crippen LogP contribution in [0.1, 0.15) is 70.2 Å². The molecule has 0 radical (unpaired) electrons. The number of fused-ring (bicyclic) bond motifs is 3. The molecule has 2 aliphatic rings. The molecule has 0 atom stereocenters. The van der Waals surface area contributed by atoms with Gasteiger partial charge in [0.25, 0.3) is 0 Å². The minimum atomic E-state index is -4.73. The summed E-state index contributed by atoms with van der Waals surface area (Å²) >= 11 is 0.155. The molecule has 0 amide bonds. The van der Waals surface area contributed by atoms with Crippen molar-refractivity contribution in [1.82, 2.24) is 0 Å². The van der Waals surface area contributed by atoms with E-state index in [0.717, 1.165) is 12.8 Å². The molecule has 0 unspecified atom stereocenters. The van der Waals surface area contributed by atoms with E-state index in [0.29, 0.717) is 0 Å². The van der Waals surface area contributed by atoms with Crippen molar-refractivity contribution in [3.63, 3.8) is 0 Å². The van der Waals surface area contributed by atoms with Crippen LogP contribution in [0.2, 0.25) is 0 Å². The van der Waals surface area contributed by atoms with Gasteiger partial charge < -0.3 is 0 Å². The number of rotatable bonds is 4. The van der Waals surface area contributed by atoms with E-state index in [2.05, 4.69) is 184 Å². The van der Waals surface area contributed by atoms with Crippen molar-refractivity contribution >= 4 is 84.0 Å². The zero-order chi connectivity index (χ0) is 30.1. The first-order valence-electron chi connectivity index (χ1n) is 14.9. The topological polar surface area (TPSA) is 0 Å². The van der Waals surface area contributed by atoms with Gasteiger partial charge in [0.05, 0.1) is 0 Å². The molecule has 5 heteroatoms. The second-order valence-electron chi connectivity index (χ2n) is 14.4. The Balaban J connectivity index is 0.00000221. The summed E-state index contributed by atoms with van der Waals surface area (Å²) in [4.78, 5) is 0. The van der Waals surface area contributed by atoms with Gasteiger partial charge >= 0.3 is 284 Å². The van der Waals surface area contributed by atoms with Crippen LogP contribution in [0, 0.1) is 7.14 Å². The van der Waals surface area contributed by atoms with Crippen LogP contribution < -0.4 is 9.81 Å². The average molecular weight is 927 g/mol. The molecule has 0 heterocycles. The fourth-order valence-corrected chi connectivity index (χ4v) is 23.2. The van der Waals surface area contributed by atoms with E-state index in [1.807, 2.05) is 0 Å². The van der Waals surface area contributed by atoms with Crippen LogP contribution in [0.3, 0.4) is 0 Å². The molecular formula is C39H42Cl2I2Zr. The van der Waals surface area contributed by atoms with E-state index in [1.165, 1.54) is 53.6 Å². The Hall–Kier alpha value is -0.847. The molecule has 6 rings (SSSR count). The number of halogens is 4. The molecule has 0 saturated carbocycles. The van der Waals surface area contributed by atoms with Crippen molar-refractivity contribution < 1.29 is 18.3 Å². The average Bonchev–Trinajstić information content (AvgIpc) is 3.61. The third-order valence-corrected chi connectivity index (χ3v) is 27.5. The second-order valence-corrected chi connectivity index (χ2v) is 29.8. The van der Waals surface area contributed by atoms with Gasteiger partial charge in [0.15, 0.2) is 0 Å². The molecule has 0 aromatic heterocycles. The molecule has 0 aliphatic heterocycles. The van der Waals surface area contributed by atoms with Crippen molar-refractivity contribution in [3.05, 3.63) is 130 Å². The van der Waals surface area contributed by atoms with E-state index in [4.69, 9.17) is 4.21 Å². The van der Waals surface area contributed by atoms with Gasteiger partial charge in [-0.25, -0.2) is 0 Å². The molecule has 0 bridgehead atoms. The summed E-state index contributed by atoms with van der Waals surface area (Å²) in [5, 5.41) is 0. The van der Waals surface area contributed by atoms with Gasteiger partial charge in [0.1, 0.15) is 0 Å². The summed E-state index contributed by atoms with van der Waals surface area (Å²) in [7, 11) is 0. The zero-order valence-electron chi connectivity index (χ0n) is 26.4. The third-order valence-electron chi connectivity index (χ3n) is 9.79. The van der Waals surface area contributed by atoms with Crippen LogP contribution >= 0.6 is 70.0 Å². The molecular weight excluding hydrogens is 884 g/mol. The van der Waals surface area contributed by atoms with Crippen LogP contribution in [-0.4, -0.2) is 4.21 Å². The van der Waals surface area contributed by atoms with E-state index in [-0.39, 0.29) is 35.6 Å². The maximum atomic E-state index is 5.67. The SMILES string of the molecule is Cl.Cl.[CH2]=[Zr]([C]1=CC=CC1)([c]1ccc(I)cc1)([c]1ccc(I)cc1)[c]1cc(C(C)(C)C)cc2c1Cc1ccc(C(C)(C)C)cc1-2. The van der Waals surface area contributed by atoms with E-state index < -0.39 is 18.3 Å². The molecule has 0 N–H and O–H groups in total. The Morgan fingerprint density at radius 3 is 1.66 bits per heavy atom.